The monoisotopic (exact) mass is 305 g/mol. The quantitative estimate of drug-likeness (QED) is 0.727. The molecule has 0 unspecified atom stereocenters. The van der Waals surface area contributed by atoms with Crippen LogP contribution in [0.2, 0.25) is 5.02 Å². The second-order valence-corrected chi connectivity index (χ2v) is 6.38. The maximum Gasteiger partial charge on any atom is 0.0406 e. The molecule has 0 heterocycles. The van der Waals surface area contributed by atoms with Gasteiger partial charge in [0.1, 0.15) is 0 Å². The lowest BCUT2D eigenvalue weighted by molar-refractivity contribution is 0.675. The molecular weight excluding hydrogens is 286 g/mol. The van der Waals surface area contributed by atoms with Crippen molar-refractivity contribution in [3.63, 3.8) is 0 Å². The highest BCUT2D eigenvalue weighted by molar-refractivity contribution is 7.99. The summed E-state index contributed by atoms with van der Waals surface area (Å²) in [5.74, 6) is 0. The highest BCUT2D eigenvalue weighted by atomic mass is 35.5. The summed E-state index contributed by atoms with van der Waals surface area (Å²) < 4.78 is 0. The van der Waals surface area contributed by atoms with E-state index >= 15 is 0 Å². The third kappa shape index (κ3) is 4.55. The standard InChI is InChI=1S/C17H20ClNS/c1-3-10-19-12-14-4-9-17(13(2)11-14)20-16-7-5-15(18)6-8-16/h4-9,11,19H,3,10,12H2,1-2H3. The summed E-state index contributed by atoms with van der Waals surface area (Å²) >= 11 is 7.69. The van der Waals surface area contributed by atoms with E-state index in [0.29, 0.717) is 0 Å². The Morgan fingerprint density at radius 1 is 1.10 bits per heavy atom. The van der Waals surface area contributed by atoms with Gasteiger partial charge in [0.25, 0.3) is 0 Å². The second-order valence-electron chi connectivity index (χ2n) is 4.83. The fourth-order valence-corrected chi connectivity index (χ4v) is 2.98. The Balaban J connectivity index is 2.03. The summed E-state index contributed by atoms with van der Waals surface area (Å²) in [7, 11) is 0. The third-order valence-electron chi connectivity index (χ3n) is 3.04. The van der Waals surface area contributed by atoms with Gasteiger partial charge in [-0.15, -0.1) is 0 Å². The summed E-state index contributed by atoms with van der Waals surface area (Å²) in [5.41, 5.74) is 2.66. The number of hydrogen-bond acceptors (Lipinski definition) is 2. The van der Waals surface area contributed by atoms with Crippen LogP contribution in [0.25, 0.3) is 0 Å². The molecular formula is C17H20ClNS. The zero-order valence-corrected chi connectivity index (χ0v) is 13.5. The third-order valence-corrected chi connectivity index (χ3v) is 4.47. The number of nitrogens with one attached hydrogen (secondary N) is 1. The first-order valence-electron chi connectivity index (χ1n) is 6.92. The molecule has 0 saturated heterocycles. The van der Waals surface area contributed by atoms with Gasteiger partial charge in [-0.25, -0.2) is 0 Å². The largest absolute Gasteiger partial charge is 0.313 e. The first-order chi connectivity index (χ1) is 9.69. The minimum Gasteiger partial charge on any atom is -0.313 e. The molecule has 20 heavy (non-hydrogen) atoms. The molecule has 0 aromatic heterocycles. The van der Waals surface area contributed by atoms with Gasteiger partial charge in [-0.1, -0.05) is 42.4 Å². The molecule has 3 heteroatoms. The Kier molecular flexibility index (Phi) is 5.96. The molecule has 2 aromatic carbocycles. The summed E-state index contributed by atoms with van der Waals surface area (Å²) in [5, 5.41) is 4.21. The van der Waals surface area contributed by atoms with Crippen molar-refractivity contribution in [2.24, 2.45) is 0 Å². The molecule has 0 radical (unpaired) electrons. The van der Waals surface area contributed by atoms with Crippen molar-refractivity contribution in [3.8, 4) is 0 Å². The lowest BCUT2D eigenvalue weighted by Gasteiger charge is -2.09. The normalized spacial score (nSPS) is 10.8. The van der Waals surface area contributed by atoms with Gasteiger partial charge in [0.05, 0.1) is 0 Å². The van der Waals surface area contributed by atoms with E-state index in [2.05, 4.69) is 49.5 Å². The molecule has 0 aliphatic rings. The van der Waals surface area contributed by atoms with Crippen LogP contribution in [-0.2, 0) is 6.54 Å². The van der Waals surface area contributed by atoms with Crippen molar-refractivity contribution in [3.05, 3.63) is 58.6 Å². The summed E-state index contributed by atoms with van der Waals surface area (Å²) in [6.45, 7) is 6.37. The Morgan fingerprint density at radius 2 is 1.85 bits per heavy atom. The van der Waals surface area contributed by atoms with Crippen LogP contribution in [0.5, 0.6) is 0 Å². The molecule has 0 bridgehead atoms. The summed E-state index contributed by atoms with van der Waals surface area (Å²) in [6, 6.07) is 14.7. The van der Waals surface area contributed by atoms with Crippen molar-refractivity contribution in [1.29, 1.82) is 0 Å². The molecule has 0 fully saturated rings. The van der Waals surface area contributed by atoms with Gasteiger partial charge in [0.15, 0.2) is 0 Å². The predicted octanol–water partition coefficient (Wildman–Crippen LogP) is 5.30. The van der Waals surface area contributed by atoms with Crippen LogP contribution in [-0.4, -0.2) is 6.54 Å². The van der Waals surface area contributed by atoms with Crippen LogP contribution in [0.1, 0.15) is 24.5 Å². The van der Waals surface area contributed by atoms with Gasteiger partial charge in [-0.3, -0.25) is 0 Å². The van der Waals surface area contributed by atoms with E-state index in [4.69, 9.17) is 11.6 Å². The average Bonchev–Trinajstić information content (AvgIpc) is 2.44. The Hall–Kier alpha value is -0.960. The average molecular weight is 306 g/mol. The fourth-order valence-electron chi connectivity index (χ4n) is 1.98. The van der Waals surface area contributed by atoms with Crippen LogP contribution >= 0.6 is 23.4 Å². The number of benzene rings is 2. The van der Waals surface area contributed by atoms with Crippen molar-refractivity contribution < 1.29 is 0 Å². The van der Waals surface area contributed by atoms with Crippen molar-refractivity contribution in [1.82, 2.24) is 5.32 Å². The van der Waals surface area contributed by atoms with Crippen molar-refractivity contribution >= 4 is 23.4 Å². The van der Waals surface area contributed by atoms with Crippen LogP contribution in [0.4, 0.5) is 0 Å². The molecule has 1 nitrogen and oxygen atoms in total. The van der Waals surface area contributed by atoms with E-state index in [9.17, 15) is 0 Å². The molecule has 0 aliphatic carbocycles. The topological polar surface area (TPSA) is 12.0 Å². The van der Waals surface area contributed by atoms with E-state index < -0.39 is 0 Å². The smallest absolute Gasteiger partial charge is 0.0406 e. The second kappa shape index (κ2) is 7.72. The predicted molar refractivity (Wildman–Crippen MR) is 88.8 cm³/mol. The van der Waals surface area contributed by atoms with Crippen LogP contribution < -0.4 is 5.32 Å². The Bertz CT molecular complexity index is 551. The van der Waals surface area contributed by atoms with Crippen LogP contribution in [0.3, 0.4) is 0 Å². The van der Waals surface area contributed by atoms with Gasteiger partial charge in [0.2, 0.25) is 0 Å². The molecule has 0 spiro atoms. The van der Waals surface area contributed by atoms with Gasteiger partial charge < -0.3 is 5.32 Å². The number of hydrogen-bond donors (Lipinski definition) is 1. The van der Waals surface area contributed by atoms with E-state index in [1.165, 1.54) is 27.3 Å². The van der Waals surface area contributed by atoms with E-state index in [-0.39, 0.29) is 0 Å². The van der Waals surface area contributed by atoms with Crippen LogP contribution in [0.15, 0.2) is 52.3 Å². The van der Waals surface area contributed by atoms with Gasteiger partial charge >= 0.3 is 0 Å². The minimum absolute atomic E-state index is 0.781. The van der Waals surface area contributed by atoms with Gasteiger partial charge in [-0.2, -0.15) is 0 Å². The highest BCUT2D eigenvalue weighted by Gasteiger charge is 2.03. The molecule has 2 aromatic rings. The Morgan fingerprint density at radius 3 is 2.50 bits per heavy atom. The summed E-state index contributed by atoms with van der Waals surface area (Å²) in [6.07, 6.45) is 1.17. The molecule has 0 aliphatic heterocycles. The van der Waals surface area contributed by atoms with Crippen LogP contribution in [0, 0.1) is 6.92 Å². The lowest BCUT2D eigenvalue weighted by atomic mass is 10.1. The Labute approximate surface area is 130 Å². The van der Waals surface area contributed by atoms with E-state index in [1.807, 2.05) is 12.1 Å². The zero-order valence-electron chi connectivity index (χ0n) is 11.9. The zero-order chi connectivity index (χ0) is 14.4. The number of aryl methyl sites for hydroxylation is 1. The molecule has 2 rings (SSSR count). The van der Waals surface area contributed by atoms with E-state index in [0.717, 1.165) is 18.1 Å². The SMILES string of the molecule is CCCNCc1ccc(Sc2ccc(Cl)cc2)c(C)c1. The first kappa shape index (κ1) is 15.4. The van der Waals surface area contributed by atoms with Gasteiger partial charge in [-0.05, 0) is 61.3 Å². The first-order valence-corrected chi connectivity index (χ1v) is 8.12. The highest BCUT2D eigenvalue weighted by Crippen LogP contribution is 2.31. The maximum atomic E-state index is 5.91. The van der Waals surface area contributed by atoms with Crippen molar-refractivity contribution in [2.45, 2.75) is 36.6 Å². The molecule has 0 saturated carbocycles. The minimum atomic E-state index is 0.781. The van der Waals surface area contributed by atoms with E-state index in [1.54, 1.807) is 11.8 Å². The molecule has 0 amide bonds. The summed E-state index contributed by atoms with van der Waals surface area (Å²) in [4.78, 5) is 2.51. The molecule has 1 N–H and O–H groups in total. The number of halogens is 1. The maximum absolute atomic E-state index is 5.91. The number of rotatable bonds is 6. The fraction of sp³-hybridized carbons (Fsp3) is 0.294. The van der Waals surface area contributed by atoms with Crippen molar-refractivity contribution in [2.75, 3.05) is 6.54 Å². The molecule has 0 atom stereocenters. The molecule has 106 valence electrons. The lowest BCUT2D eigenvalue weighted by Crippen LogP contribution is -2.13. The van der Waals surface area contributed by atoms with Gasteiger partial charge in [0, 0.05) is 21.4 Å².